The molecular formula is C40H61N3O6. The fourth-order valence-corrected chi connectivity index (χ4v) is 7.59. The summed E-state index contributed by atoms with van der Waals surface area (Å²) in [6.07, 6.45) is 13.8. The third-order valence-corrected chi connectivity index (χ3v) is 10.4. The first-order chi connectivity index (χ1) is 23.4. The summed E-state index contributed by atoms with van der Waals surface area (Å²) in [5.41, 5.74) is 1.58. The molecule has 0 bridgehead atoms. The van der Waals surface area contributed by atoms with Gasteiger partial charge in [-0.15, -0.1) is 0 Å². The van der Waals surface area contributed by atoms with Crippen molar-refractivity contribution in [1.29, 1.82) is 0 Å². The molecule has 9 nitrogen and oxygen atoms in total. The van der Waals surface area contributed by atoms with Crippen molar-refractivity contribution in [3.8, 4) is 0 Å². The molecule has 1 aliphatic carbocycles. The predicted octanol–water partition coefficient (Wildman–Crippen LogP) is 8.84. The molecule has 4 rings (SSSR count). The Bertz CT molecular complexity index is 1340. The number of carbonyl (C=O) groups is 3. The number of H-pyrrole nitrogens is 1. The van der Waals surface area contributed by atoms with Gasteiger partial charge in [-0.2, -0.15) is 0 Å². The average molecular weight is 680 g/mol. The standard InChI is InChI=1S/C40H61N3O6/c1-6-7-8-9-10-11-12-18-25-43(27-29-19-14-13-15-20-29)38(47)42-33-22-17-16-21-30(33)32(26-34(44)45)35-31(23-24-41-35)36(46)37-39(2,3)28-48-40(4,5)49-37/h13-15,19-20,23-24,30,32-33,37,41H,6-12,16-18,21-22,25-28H2,1-5H3,(H,42,47)(H,44,45). The summed E-state index contributed by atoms with van der Waals surface area (Å²) >= 11 is 0. The summed E-state index contributed by atoms with van der Waals surface area (Å²) in [4.78, 5) is 45.8. The van der Waals surface area contributed by atoms with Crippen LogP contribution in [0.25, 0.3) is 0 Å². The number of nitrogens with one attached hydrogen (secondary N) is 2. The quantitative estimate of drug-likeness (QED) is 0.107. The molecule has 1 aromatic carbocycles. The van der Waals surface area contributed by atoms with Crippen LogP contribution in [0.1, 0.15) is 146 Å². The molecule has 2 aliphatic rings. The molecule has 3 N–H and O–H groups in total. The SMILES string of the molecule is CCCCCCCCCCN(Cc1ccccc1)C(=O)NC1CCCCC1C(CC(=O)O)c1[nH]ccc1C(=O)C1OC(C)(C)OCC1(C)C. The molecule has 0 spiro atoms. The zero-order valence-electron chi connectivity index (χ0n) is 30.6. The second-order valence-corrected chi connectivity index (χ2v) is 15.4. The summed E-state index contributed by atoms with van der Waals surface area (Å²) in [5.74, 6) is -2.66. The predicted molar refractivity (Wildman–Crippen MR) is 193 cm³/mol. The number of benzene rings is 1. The van der Waals surface area contributed by atoms with E-state index in [1.165, 1.54) is 38.5 Å². The van der Waals surface area contributed by atoms with Gasteiger partial charge in [-0.25, -0.2) is 4.79 Å². The van der Waals surface area contributed by atoms with Crippen molar-refractivity contribution in [1.82, 2.24) is 15.2 Å². The summed E-state index contributed by atoms with van der Waals surface area (Å²) in [6.45, 7) is 11.3. The van der Waals surface area contributed by atoms with E-state index in [0.29, 0.717) is 31.0 Å². The van der Waals surface area contributed by atoms with Crippen LogP contribution in [-0.4, -0.2) is 63.9 Å². The molecule has 1 saturated carbocycles. The fourth-order valence-electron chi connectivity index (χ4n) is 7.59. The van der Waals surface area contributed by atoms with E-state index in [2.05, 4.69) is 29.4 Å². The van der Waals surface area contributed by atoms with Crippen molar-refractivity contribution < 1.29 is 29.0 Å². The Morgan fingerprint density at radius 3 is 2.33 bits per heavy atom. The van der Waals surface area contributed by atoms with Crippen molar-refractivity contribution in [2.75, 3.05) is 13.2 Å². The van der Waals surface area contributed by atoms with Gasteiger partial charge in [0.1, 0.15) is 6.10 Å². The summed E-state index contributed by atoms with van der Waals surface area (Å²) in [6, 6.07) is 11.5. The van der Waals surface area contributed by atoms with Gasteiger partial charge in [-0.05, 0) is 50.7 Å². The second kappa shape index (κ2) is 18.2. The van der Waals surface area contributed by atoms with Gasteiger partial charge in [-0.1, -0.05) is 109 Å². The van der Waals surface area contributed by atoms with Crippen LogP contribution in [0.4, 0.5) is 4.79 Å². The monoisotopic (exact) mass is 679 g/mol. The molecule has 4 atom stereocenters. The number of urea groups is 1. The Morgan fingerprint density at radius 1 is 0.959 bits per heavy atom. The van der Waals surface area contributed by atoms with Crippen molar-refractivity contribution in [2.45, 2.75) is 148 Å². The Hall–Kier alpha value is -3.17. The highest BCUT2D eigenvalue weighted by Crippen LogP contribution is 2.42. The highest BCUT2D eigenvalue weighted by Gasteiger charge is 2.47. The van der Waals surface area contributed by atoms with E-state index in [4.69, 9.17) is 9.47 Å². The molecule has 0 radical (unpaired) electrons. The van der Waals surface area contributed by atoms with E-state index < -0.39 is 29.2 Å². The number of aromatic nitrogens is 1. The van der Waals surface area contributed by atoms with E-state index in [9.17, 15) is 19.5 Å². The third-order valence-electron chi connectivity index (χ3n) is 10.4. The molecule has 2 heterocycles. The van der Waals surface area contributed by atoms with E-state index >= 15 is 0 Å². The minimum absolute atomic E-state index is 0.111. The number of rotatable bonds is 18. The van der Waals surface area contributed by atoms with Crippen molar-refractivity contribution >= 4 is 17.8 Å². The van der Waals surface area contributed by atoms with E-state index in [-0.39, 0.29) is 30.2 Å². The highest BCUT2D eigenvalue weighted by atomic mass is 16.7. The molecule has 2 amide bonds. The topological polar surface area (TPSA) is 121 Å². The number of carboxylic acid groups (broad SMARTS) is 1. The lowest BCUT2D eigenvalue weighted by atomic mass is 9.72. The van der Waals surface area contributed by atoms with Gasteiger partial charge in [0, 0.05) is 47.9 Å². The molecule has 2 fully saturated rings. The molecule has 1 aliphatic heterocycles. The van der Waals surface area contributed by atoms with Crippen LogP contribution < -0.4 is 5.32 Å². The number of hydrogen-bond donors (Lipinski definition) is 3. The fraction of sp³-hybridized carbons (Fsp3) is 0.675. The summed E-state index contributed by atoms with van der Waals surface area (Å²) in [5, 5.41) is 13.5. The van der Waals surface area contributed by atoms with Gasteiger partial charge < -0.3 is 29.8 Å². The number of carbonyl (C=O) groups excluding carboxylic acids is 2. The number of carboxylic acids is 1. The molecule has 49 heavy (non-hydrogen) atoms. The molecule has 1 saturated heterocycles. The van der Waals surface area contributed by atoms with Crippen molar-refractivity contribution in [2.24, 2.45) is 11.3 Å². The molecule has 1 aromatic heterocycles. The second-order valence-electron chi connectivity index (χ2n) is 15.4. The van der Waals surface area contributed by atoms with E-state index in [1.54, 1.807) is 26.1 Å². The maximum absolute atomic E-state index is 14.2. The number of unbranched alkanes of at least 4 members (excludes halogenated alkanes) is 7. The number of amides is 2. The lowest BCUT2D eigenvalue weighted by Gasteiger charge is -2.45. The molecular weight excluding hydrogens is 618 g/mol. The lowest BCUT2D eigenvalue weighted by molar-refractivity contribution is -0.298. The normalized spacial score (nSPS) is 22.3. The van der Waals surface area contributed by atoms with Crippen LogP contribution in [0.2, 0.25) is 0 Å². The first-order valence-electron chi connectivity index (χ1n) is 18.8. The Morgan fingerprint density at radius 2 is 1.63 bits per heavy atom. The van der Waals surface area contributed by atoms with Crippen LogP contribution in [-0.2, 0) is 20.8 Å². The van der Waals surface area contributed by atoms with Crippen LogP contribution in [0.5, 0.6) is 0 Å². The molecule has 4 unspecified atom stereocenters. The molecule has 2 aromatic rings. The van der Waals surface area contributed by atoms with Gasteiger partial charge in [0.2, 0.25) is 0 Å². The first-order valence-corrected chi connectivity index (χ1v) is 18.8. The summed E-state index contributed by atoms with van der Waals surface area (Å²) < 4.78 is 12.1. The van der Waals surface area contributed by atoms with Crippen LogP contribution in [0.3, 0.4) is 0 Å². The van der Waals surface area contributed by atoms with E-state index in [1.807, 2.05) is 36.9 Å². The van der Waals surface area contributed by atoms with Gasteiger partial charge in [0.05, 0.1) is 13.0 Å². The Kier molecular flexibility index (Phi) is 14.3. The minimum atomic E-state index is -0.933. The molecule has 272 valence electrons. The number of Topliss-reactive ketones (excluding diaryl/α,β-unsaturated/α-hetero) is 1. The maximum Gasteiger partial charge on any atom is 0.317 e. The van der Waals surface area contributed by atoms with Crippen LogP contribution in [0, 0.1) is 11.3 Å². The van der Waals surface area contributed by atoms with Gasteiger partial charge in [0.25, 0.3) is 0 Å². The minimum Gasteiger partial charge on any atom is -0.481 e. The number of aromatic amines is 1. The Labute approximate surface area is 293 Å². The molecule has 9 heteroatoms. The maximum atomic E-state index is 14.2. The van der Waals surface area contributed by atoms with Crippen molar-refractivity contribution in [3.63, 3.8) is 0 Å². The van der Waals surface area contributed by atoms with E-state index in [0.717, 1.165) is 44.1 Å². The zero-order chi connectivity index (χ0) is 35.4. The number of aliphatic carboxylic acids is 1. The van der Waals surface area contributed by atoms with Crippen molar-refractivity contribution in [3.05, 3.63) is 59.4 Å². The largest absolute Gasteiger partial charge is 0.481 e. The Balaban J connectivity index is 1.52. The van der Waals surface area contributed by atoms with Gasteiger partial charge in [-0.3, -0.25) is 9.59 Å². The highest BCUT2D eigenvalue weighted by molar-refractivity contribution is 6.01. The first kappa shape index (κ1) is 38.6. The smallest absolute Gasteiger partial charge is 0.317 e. The number of ketones is 1. The number of hydrogen-bond acceptors (Lipinski definition) is 5. The van der Waals surface area contributed by atoms with Gasteiger partial charge in [0.15, 0.2) is 11.6 Å². The third kappa shape index (κ3) is 11.2. The average Bonchev–Trinajstić information content (AvgIpc) is 3.56. The lowest BCUT2D eigenvalue weighted by Crippen LogP contribution is -2.53. The number of nitrogens with zero attached hydrogens (tertiary/aromatic N) is 1. The number of ether oxygens (including phenoxy) is 2. The summed E-state index contributed by atoms with van der Waals surface area (Å²) in [7, 11) is 0. The zero-order valence-corrected chi connectivity index (χ0v) is 30.6. The van der Waals surface area contributed by atoms with Crippen LogP contribution >= 0.6 is 0 Å². The van der Waals surface area contributed by atoms with Crippen LogP contribution in [0.15, 0.2) is 42.6 Å². The van der Waals surface area contributed by atoms with Gasteiger partial charge >= 0.3 is 12.0 Å².